The summed E-state index contributed by atoms with van der Waals surface area (Å²) in [5.74, 6) is -1.73. The molecular formula is C27H41F5O3S. The summed E-state index contributed by atoms with van der Waals surface area (Å²) in [4.78, 5) is 12.8. The summed E-state index contributed by atoms with van der Waals surface area (Å²) in [6, 6.07) is 0. The highest BCUT2D eigenvalue weighted by atomic mass is 32.1. The molecule has 0 heterocycles. The molecule has 2 aliphatic rings. The predicted octanol–water partition coefficient (Wildman–Crippen LogP) is 8.51. The molecule has 2 rings (SSSR count). The molecule has 5 unspecified atom stereocenters. The predicted molar refractivity (Wildman–Crippen MR) is 134 cm³/mol. The van der Waals surface area contributed by atoms with E-state index in [1.165, 1.54) is 0 Å². The van der Waals surface area contributed by atoms with E-state index in [2.05, 4.69) is 72.4 Å². The van der Waals surface area contributed by atoms with Gasteiger partial charge >= 0.3 is 17.4 Å². The number of ether oxygens (including phenoxy) is 2. The molecule has 36 heavy (non-hydrogen) atoms. The van der Waals surface area contributed by atoms with E-state index in [-0.39, 0.29) is 23.2 Å². The second-order valence-electron chi connectivity index (χ2n) is 13.3. The van der Waals surface area contributed by atoms with Crippen molar-refractivity contribution in [3.8, 4) is 0 Å². The lowest BCUT2D eigenvalue weighted by atomic mass is 9.60. The molecule has 1 saturated carbocycles. The maximum Gasteiger partial charge on any atom is 0.432 e. The number of esters is 1. The summed E-state index contributed by atoms with van der Waals surface area (Å²) in [5, 5.41) is -4.57. The summed E-state index contributed by atoms with van der Waals surface area (Å²) in [7, 11) is 0. The highest BCUT2D eigenvalue weighted by Crippen LogP contribution is 2.55. The number of fused-ring (bicyclic) bond motifs is 2. The molecule has 0 aromatic rings. The van der Waals surface area contributed by atoms with Crippen LogP contribution in [0.25, 0.3) is 0 Å². The quantitative estimate of drug-likeness (QED) is 0.116. The molecule has 2 bridgehead atoms. The summed E-state index contributed by atoms with van der Waals surface area (Å²) in [6.07, 6.45) is -5.03. The average Bonchev–Trinajstić information content (AvgIpc) is 2.60. The topological polar surface area (TPSA) is 35.5 Å². The Morgan fingerprint density at radius 2 is 1.67 bits per heavy atom. The lowest BCUT2D eigenvalue weighted by Gasteiger charge is -2.52. The van der Waals surface area contributed by atoms with Crippen LogP contribution in [0.4, 0.5) is 22.0 Å². The molecule has 1 fully saturated rings. The lowest BCUT2D eigenvalue weighted by molar-refractivity contribution is -0.257. The van der Waals surface area contributed by atoms with Crippen molar-refractivity contribution in [3.05, 3.63) is 24.0 Å². The lowest BCUT2D eigenvalue weighted by Crippen LogP contribution is -2.49. The van der Waals surface area contributed by atoms with Gasteiger partial charge in [0.1, 0.15) is 5.60 Å². The third-order valence-corrected chi connectivity index (χ3v) is 7.79. The molecule has 0 amide bonds. The third kappa shape index (κ3) is 7.19. The second kappa shape index (κ2) is 9.81. The van der Waals surface area contributed by atoms with Gasteiger partial charge in [0.2, 0.25) is 0 Å². The van der Waals surface area contributed by atoms with Gasteiger partial charge in [-0.1, -0.05) is 73.6 Å². The molecule has 0 saturated heterocycles. The first-order valence-electron chi connectivity index (χ1n) is 12.3. The molecule has 0 radical (unpaired) electrons. The number of carbonyl (C=O) groups is 1. The fourth-order valence-corrected chi connectivity index (χ4v) is 5.96. The zero-order valence-corrected chi connectivity index (χ0v) is 23.5. The Bertz CT molecular complexity index is 864. The maximum absolute atomic E-state index is 13.5. The highest BCUT2D eigenvalue weighted by Gasteiger charge is 2.58. The first-order valence-corrected chi connectivity index (χ1v) is 12.8. The van der Waals surface area contributed by atoms with Crippen molar-refractivity contribution >= 4 is 18.6 Å². The number of carbonyl (C=O) groups excluding carboxylic acids is 1. The van der Waals surface area contributed by atoms with Crippen LogP contribution in [-0.2, 0) is 14.3 Å². The maximum atomic E-state index is 13.5. The fourth-order valence-electron chi connectivity index (χ4n) is 5.77. The third-order valence-electron chi connectivity index (χ3n) is 7.55. The Labute approximate surface area is 217 Å². The molecule has 0 N–H and O–H groups in total. The van der Waals surface area contributed by atoms with Crippen molar-refractivity contribution in [2.75, 3.05) is 0 Å². The van der Waals surface area contributed by atoms with Gasteiger partial charge < -0.3 is 9.47 Å². The minimum Gasteiger partial charge on any atom is -0.491 e. The smallest absolute Gasteiger partial charge is 0.432 e. The minimum absolute atomic E-state index is 0.0250. The first kappa shape index (κ1) is 31.0. The number of halogens is 5. The van der Waals surface area contributed by atoms with Gasteiger partial charge in [0.25, 0.3) is 6.10 Å². The van der Waals surface area contributed by atoms with Crippen LogP contribution in [0.2, 0.25) is 0 Å². The monoisotopic (exact) mass is 540 g/mol. The van der Waals surface area contributed by atoms with Gasteiger partial charge in [-0.2, -0.15) is 22.0 Å². The molecule has 2 aliphatic carbocycles. The molecule has 0 aromatic carbocycles. The molecule has 5 atom stereocenters. The van der Waals surface area contributed by atoms with Crippen molar-refractivity contribution in [1.29, 1.82) is 0 Å². The van der Waals surface area contributed by atoms with E-state index >= 15 is 0 Å². The van der Waals surface area contributed by atoms with Gasteiger partial charge in [0.05, 0.1) is 11.7 Å². The fraction of sp³-hybridized carbons (Fsp3) is 0.815. The van der Waals surface area contributed by atoms with E-state index in [1.807, 2.05) is 6.92 Å². The largest absolute Gasteiger partial charge is 0.491 e. The van der Waals surface area contributed by atoms with E-state index in [9.17, 15) is 26.7 Å². The molecule has 0 spiro atoms. The minimum atomic E-state index is -5.46. The average molecular weight is 541 g/mol. The van der Waals surface area contributed by atoms with Crippen LogP contribution in [0.15, 0.2) is 24.0 Å². The zero-order chi connectivity index (χ0) is 28.1. The summed E-state index contributed by atoms with van der Waals surface area (Å²) in [5.41, 5.74) is -0.750. The highest BCUT2D eigenvalue weighted by molar-refractivity contribution is 7.81. The molecule has 0 aliphatic heterocycles. The van der Waals surface area contributed by atoms with Crippen LogP contribution >= 0.6 is 12.6 Å². The van der Waals surface area contributed by atoms with Gasteiger partial charge in [-0.25, -0.2) is 0 Å². The van der Waals surface area contributed by atoms with Crippen LogP contribution in [0, 0.1) is 28.1 Å². The molecule has 3 nitrogen and oxygen atoms in total. The number of alkyl halides is 5. The molecular weight excluding hydrogens is 499 g/mol. The second-order valence-corrected chi connectivity index (χ2v) is 13.9. The van der Waals surface area contributed by atoms with Crippen LogP contribution in [0.3, 0.4) is 0 Å². The summed E-state index contributed by atoms with van der Waals surface area (Å²) in [6.45, 7) is 21.2. The number of allylic oxidation sites excluding steroid dienone is 1. The Hall–Kier alpha value is -1.25. The Morgan fingerprint density at radius 3 is 2.11 bits per heavy atom. The van der Waals surface area contributed by atoms with Crippen molar-refractivity contribution in [2.24, 2.45) is 28.1 Å². The Morgan fingerprint density at radius 1 is 1.11 bits per heavy atom. The SMILES string of the molecule is C=C(OC12CC(=CC(C(=O)OC(C(F)(F)F)C(F)(F)S)C1)CC(C)C2)C(C)(CC(C)(C)C)C(C)(C)C. The van der Waals surface area contributed by atoms with E-state index in [0.29, 0.717) is 25.0 Å². The van der Waals surface area contributed by atoms with E-state index in [1.54, 1.807) is 6.08 Å². The van der Waals surface area contributed by atoms with Crippen LogP contribution in [-0.4, -0.2) is 29.1 Å². The van der Waals surface area contributed by atoms with Crippen LogP contribution in [0.5, 0.6) is 0 Å². The van der Waals surface area contributed by atoms with Crippen molar-refractivity contribution < 1.29 is 36.2 Å². The standard InChI is InChI=1S/C27H41F5O3S/c1-16-10-18-11-19(20(33)34-21(26(28,29)30)27(31,32)36)14-25(12-16,13-18)35-17(2)24(9,23(6,7)8)15-22(3,4)5/h11,16,19,21,36H,2,10,12-15H2,1,3-9H3. The van der Waals surface area contributed by atoms with Crippen molar-refractivity contribution in [1.82, 2.24) is 0 Å². The zero-order valence-electron chi connectivity index (χ0n) is 22.6. The normalized spacial score (nSPS) is 28.0. The first-order chi connectivity index (χ1) is 15.9. The van der Waals surface area contributed by atoms with Crippen molar-refractivity contribution in [2.45, 2.75) is 111 Å². The van der Waals surface area contributed by atoms with Gasteiger partial charge in [-0.05, 0) is 36.0 Å². The Balaban J connectivity index is 2.38. The van der Waals surface area contributed by atoms with Gasteiger partial charge in [0.15, 0.2) is 0 Å². The van der Waals surface area contributed by atoms with Gasteiger partial charge in [-0.15, -0.1) is 12.6 Å². The van der Waals surface area contributed by atoms with E-state index in [4.69, 9.17) is 4.74 Å². The van der Waals surface area contributed by atoms with Crippen LogP contribution < -0.4 is 0 Å². The number of hydrogen-bond acceptors (Lipinski definition) is 4. The number of thiol groups is 1. The number of hydrogen-bond donors (Lipinski definition) is 1. The summed E-state index contributed by atoms with van der Waals surface area (Å²) >= 11 is 2.73. The van der Waals surface area contributed by atoms with E-state index < -0.39 is 40.4 Å². The van der Waals surface area contributed by atoms with E-state index in [0.717, 1.165) is 12.0 Å². The van der Waals surface area contributed by atoms with Crippen LogP contribution in [0.1, 0.15) is 87.5 Å². The summed E-state index contributed by atoms with van der Waals surface area (Å²) < 4.78 is 77.6. The number of rotatable bonds is 7. The van der Waals surface area contributed by atoms with Crippen molar-refractivity contribution in [3.63, 3.8) is 0 Å². The van der Waals surface area contributed by atoms with Gasteiger partial charge in [0, 0.05) is 18.3 Å². The molecule has 208 valence electrons. The van der Waals surface area contributed by atoms with Gasteiger partial charge in [-0.3, -0.25) is 4.79 Å². The Kier molecular flexibility index (Phi) is 8.44. The molecule has 0 aromatic heterocycles. The molecule has 9 heteroatoms.